The van der Waals surface area contributed by atoms with Gasteiger partial charge in [-0.25, -0.2) is 0 Å². The molecule has 4 heteroatoms. The highest BCUT2D eigenvalue weighted by molar-refractivity contribution is 6.10. The van der Waals surface area contributed by atoms with Crippen LogP contribution in [-0.2, 0) is 0 Å². The zero-order chi connectivity index (χ0) is 16.7. The molecule has 24 heavy (non-hydrogen) atoms. The lowest BCUT2D eigenvalue weighted by atomic mass is 9.76. The van der Waals surface area contributed by atoms with E-state index >= 15 is 0 Å². The largest absolute Gasteiger partial charge is 0.497 e. The van der Waals surface area contributed by atoms with Gasteiger partial charge in [0, 0.05) is 23.2 Å². The SMILES string of the molecule is C=C[C@H]1C[C@H]2CCN1[C@H](C(=O)c1ccnc3ccc(OC)cc13)C2. The Balaban J connectivity index is 1.74. The molecule has 3 fully saturated rings. The smallest absolute Gasteiger partial charge is 0.180 e. The fourth-order valence-corrected chi connectivity index (χ4v) is 4.28. The molecule has 1 unspecified atom stereocenters. The van der Waals surface area contributed by atoms with Crippen molar-refractivity contribution in [1.82, 2.24) is 9.88 Å². The van der Waals surface area contributed by atoms with Crippen molar-refractivity contribution in [2.24, 2.45) is 5.92 Å². The molecule has 4 atom stereocenters. The van der Waals surface area contributed by atoms with Gasteiger partial charge < -0.3 is 4.74 Å². The molecule has 124 valence electrons. The zero-order valence-corrected chi connectivity index (χ0v) is 13.9. The molecule has 5 rings (SSSR count). The molecule has 0 radical (unpaired) electrons. The predicted molar refractivity (Wildman–Crippen MR) is 94.4 cm³/mol. The summed E-state index contributed by atoms with van der Waals surface area (Å²) < 4.78 is 5.32. The number of carbonyl (C=O) groups is 1. The number of carbonyl (C=O) groups excluding carboxylic acids is 1. The number of ether oxygens (including phenoxy) is 1. The van der Waals surface area contributed by atoms with E-state index in [1.54, 1.807) is 13.3 Å². The van der Waals surface area contributed by atoms with E-state index < -0.39 is 0 Å². The van der Waals surface area contributed by atoms with E-state index in [1.165, 1.54) is 6.42 Å². The summed E-state index contributed by atoms with van der Waals surface area (Å²) in [4.78, 5) is 20.0. The maximum absolute atomic E-state index is 13.3. The lowest BCUT2D eigenvalue weighted by molar-refractivity contribution is 0.0189. The minimum Gasteiger partial charge on any atom is -0.497 e. The molecule has 1 aromatic carbocycles. The summed E-state index contributed by atoms with van der Waals surface area (Å²) in [5, 5.41) is 0.875. The number of nitrogens with zero attached hydrogens (tertiary/aromatic N) is 2. The normalized spacial score (nSPS) is 28.7. The van der Waals surface area contributed by atoms with Crippen LogP contribution in [0.2, 0.25) is 0 Å². The first-order chi connectivity index (χ1) is 11.7. The summed E-state index contributed by atoms with van der Waals surface area (Å²) in [7, 11) is 1.64. The van der Waals surface area contributed by atoms with Crippen LogP contribution < -0.4 is 4.74 Å². The first kappa shape index (κ1) is 15.3. The maximum atomic E-state index is 13.3. The Morgan fingerprint density at radius 1 is 1.38 bits per heavy atom. The molecule has 0 saturated carbocycles. The van der Waals surface area contributed by atoms with Crippen molar-refractivity contribution in [3.63, 3.8) is 0 Å². The van der Waals surface area contributed by atoms with Crippen molar-refractivity contribution in [3.05, 3.63) is 48.7 Å². The Morgan fingerprint density at radius 2 is 2.25 bits per heavy atom. The average Bonchev–Trinajstić information content (AvgIpc) is 2.66. The van der Waals surface area contributed by atoms with Gasteiger partial charge in [-0.1, -0.05) is 6.08 Å². The van der Waals surface area contributed by atoms with Crippen molar-refractivity contribution >= 4 is 16.7 Å². The minimum absolute atomic E-state index is 0.0442. The van der Waals surface area contributed by atoms with E-state index in [0.29, 0.717) is 12.0 Å². The second-order valence-corrected chi connectivity index (χ2v) is 6.79. The molecular weight excluding hydrogens is 300 g/mol. The van der Waals surface area contributed by atoms with Gasteiger partial charge in [-0.2, -0.15) is 0 Å². The van der Waals surface area contributed by atoms with Gasteiger partial charge in [-0.15, -0.1) is 6.58 Å². The van der Waals surface area contributed by atoms with Gasteiger partial charge in [0.1, 0.15) is 5.75 Å². The summed E-state index contributed by atoms with van der Waals surface area (Å²) in [6.45, 7) is 4.95. The quantitative estimate of drug-likeness (QED) is 0.638. The number of fused-ring (bicyclic) bond motifs is 4. The summed E-state index contributed by atoms with van der Waals surface area (Å²) in [6, 6.07) is 7.83. The van der Waals surface area contributed by atoms with Crippen LogP contribution in [-0.4, -0.2) is 41.4 Å². The van der Waals surface area contributed by atoms with Crippen LogP contribution in [0.1, 0.15) is 29.6 Å². The number of pyridine rings is 1. The third-order valence-electron chi connectivity index (χ3n) is 5.54. The van der Waals surface area contributed by atoms with Crippen LogP contribution in [0.25, 0.3) is 10.9 Å². The van der Waals surface area contributed by atoms with Gasteiger partial charge in [0.05, 0.1) is 18.7 Å². The summed E-state index contributed by atoms with van der Waals surface area (Å²) in [5.74, 6) is 1.58. The standard InChI is InChI=1S/C20H22N2O2/c1-3-14-10-13-7-9-22(14)19(11-13)20(23)16-6-8-21-18-5-4-15(24-2)12-17(16)18/h3-6,8,12-14,19H,1,7,9-11H2,2H3/t13-,14+,19+/m1/s1. The molecule has 0 amide bonds. The van der Waals surface area contributed by atoms with Crippen molar-refractivity contribution in [1.29, 1.82) is 0 Å². The Bertz CT molecular complexity index is 801. The fourth-order valence-electron chi connectivity index (χ4n) is 4.28. The molecule has 4 nitrogen and oxygen atoms in total. The Labute approximate surface area is 142 Å². The van der Waals surface area contributed by atoms with Gasteiger partial charge in [0.25, 0.3) is 0 Å². The molecule has 2 aromatic rings. The van der Waals surface area contributed by atoms with Crippen LogP contribution >= 0.6 is 0 Å². The van der Waals surface area contributed by atoms with Gasteiger partial charge in [0.2, 0.25) is 0 Å². The number of benzene rings is 1. The first-order valence-electron chi connectivity index (χ1n) is 8.56. The Morgan fingerprint density at radius 3 is 3.00 bits per heavy atom. The summed E-state index contributed by atoms with van der Waals surface area (Å²) in [5.41, 5.74) is 1.58. The highest BCUT2D eigenvalue weighted by Gasteiger charge is 2.42. The van der Waals surface area contributed by atoms with Crippen molar-refractivity contribution < 1.29 is 9.53 Å². The van der Waals surface area contributed by atoms with Crippen molar-refractivity contribution in [2.75, 3.05) is 13.7 Å². The number of ketones is 1. The number of hydrogen-bond acceptors (Lipinski definition) is 4. The average molecular weight is 322 g/mol. The van der Waals surface area contributed by atoms with Gasteiger partial charge in [0.15, 0.2) is 5.78 Å². The van der Waals surface area contributed by atoms with Crippen LogP contribution in [0.15, 0.2) is 43.1 Å². The molecular formula is C20H22N2O2. The second-order valence-electron chi connectivity index (χ2n) is 6.79. The lowest BCUT2D eigenvalue weighted by Gasteiger charge is -2.49. The van der Waals surface area contributed by atoms with Crippen LogP contribution in [0.4, 0.5) is 0 Å². The molecule has 3 saturated heterocycles. The van der Waals surface area contributed by atoms with E-state index in [2.05, 4.69) is 16.5 Å². The van der Waals surface area contributed by atoms with Gasteiger partial charge >= 0.3 is 0 Å². The topological polar surface area (TPSA) is 42.4 Å². The number of methoxy groups -OCH3 is 1. The van der Waals surface area contributed by atoms with E-state index in [4.69, 9.17) is 4.74 Å². The minimum atomic E-state index is -0.0442. The molecule has 0 spiro atoms. The van der Waals surface area contributed by atoms with Crippen molar-refractivity contribution in [2.45, 2.75) is 31.3 Å². The highest BCUT2D eigenvalue weighted by Crippen LogP contribution is 2.38. The number of aromatic nitrogens is 1. The number of Topliss-reactive ketones (excluding diaryl/α,β-unsaturated/α-hetero) is 1. The first-order valence-corrected chi connectivity index (χ1v) is 8.56. The van der Waals surface area contributed by atoms with Gasteiger partial charge in [-0.05, 0) is 56.0 Å². The van der Waals surface area contributed by atoms with E-state index in [-0.39, 0.29) is 11.8 Å². The monoisotopic (exact) mass is 322 g/mol. The number of rotatable bonds is 4. The van der Waals surface area contributed by atoms with E-state index in [9.17, 15) is 4.79 Å². The van der Waals surface area contributed by atoms with Crippen LogP contribution in [0.3, 0.4) is 0 Å². The fraction of sp³-hybridized carbons (Fsp3) is 0.400. The van der Waals surface area contributed by atoms with E-state index in [0.717, 1.165) is 41.6 Å². The van der Waals surface area contributed by atoms with Crippen LogP contribution in [0, 0.1) is 5.92 Å². The third kappa shape index (κ3) is 2.42. The summed E-state index contributed by atoms with van der Waals surface area (Å²) >= 11 is 0. The molecule has 2 bridgehead atoms. The predicted octanol–water partition coefficient (Wildman–Crippen LogP) is 3.47. The molecule has 1 aromatic heterocycles. The highest BCUT2D eigenvalue weighted by atomic mass is 16.5. The molecule has 4 heterocycles. The Hall–Kier alpha value is -2.20. The van der Waals surface area contributed by atoms with E-state index in [1.807, 2.05) is 30.3 Å². The van der Waals surface area contributed by atoms with Crippen LogP contribution in [0.5, 0.6) is 5.75 Å². The summed E-state index contributed by atoms with van der Waals surface area (Å²) in [6.07, 6.45) is 7.01. The number of hydrogen-bond donors (Lipinski definition) is 0. The lowest BCUT2D eigenvalue weighted by Crippen LogP contribution is -2.56. The second kappa shape index (κ2) is 6.02. The molecule has 3 aliphatic rings. The Kier molecular flexibility index (Phi) is 3.85. The number of piperidine rings is 3. The van der Waals surface area contributed by atoms with Gasteiger partial charge in [-0.3, -0.25) is 14.7 Å². The maximum Gasteiger partial charge on any atom is 0.180 e. The zero-order valence-electron chi connectivity index (χ0n) is 13.9. The molecule has 3 aliphatic heterocycles. The van der Waals surface area contributed by atoms with Crippen molar-refractivity contribution in [3.8, 4) is 5.75 Å². The molecule has 0 N–H and O–H groups in total. The molecule has 0 aliphatic carbocycles. The third-order valence-corrected chi connectivity index (χ3v) is 5.54.